The van der Waals surface area contributed by atoms with Crippen molar-refractivity contribution >= 4 is 101 Å². The minimum Gasteiger partial charge on any atom is -0.422 e. The van der Waals surface area contributed by atoms with E-state index in [0.29, 0.717) is 81.5 Å². The van der Waals surface area contributed by atoms with E-state index in [2.05, 4.69) is 6.92 Å². The monoisotopic (exact) mass is 1360 g/mol. The SMILES string of the molecule is CC(C)CC1(C)OC(=O)CC(=O)O1.CCC1(CC)OC(=O)CC(=O)O1.CCCCCCC1(C)OC(=O)CC(=O)O1.O=C1CC(=O)N(c2ccccc2)C(=O)N1c1ccccc1.O=C1CC(=O)OC2(CCC2)O1.O=C1CC(=O)OC2(CCCC2)O1.O=C1CC(=O)OC2(CCCCC2)O1. The van der Waals surface area contributed by atoms with Crippen molar-refractivity contribution in [1.29, 1.82) is 0 Å². The molecule has 97 heavy (non-hydrogen) atoms. The van der Waals surface area contributed by atoms with Gasteiger partial charge in [0.15, 0.2) is 0 Å². The smallest absolute Gasteiger partial charge is 0.342 e. The largest absolute Gasteiger partial charge is 0.422 e. The van der Waals surface area contributed by atoms with Crippen LogP contribution in [0.3, 0.4) is 0 Å². The van der Waals surface area contributed by atoms with E-state index < -0.39 is 124 Å². The van der Waals surface area contributed by atoms with E-state index in [9.17, 15) is 71.9 Å². The third-order valence-electron chi connectivity index (χ3n) is 16.1. The summed E-state index contributed by atoms with van der Waals surface area (Å²) in [5, 5.41) is 0. The number of unbranched alkanes of at least 4 members (excludes halogenated alkanes) is 3. The van der Waals surface area contributed by atoms with Gasteiger partial charge in [0, 0.05) is 78.1 Å². The molecule has 7 aliphatic heterocycles. The van der Waals surface area contributed by atoms with Gasteiger partial charge in [0.1, 0.15) is 44.9 Å². The predicted octanol–water partition coefficient (Wildman–Crippen LogP) is 9.21. The van der Waals surface area contributed by atoms with Crippen LogP contribution in [0.15, 0.2) is 60.7 Å². The van der Waals surface area contributed by atoms with Crippen molar-refractivity contribution in [3.63, 3.8) is 0 Å². The van der Waals surface area contributed by atoms with Crippen molar-refractivity contribution in [2.75, 3.05) is 9.80 Å². The number of amides is 4. The Bertz CT molecular complexity index is 3020. The number of urea groups is 1. The first-order chi connectivity index (χ1) is 45.9. The number of carbonyl (C=O) groups is 15. The van der Waals surface area contributed by atoms with Gasteiger partial charge in [-0.1, -0.05) is 96.7 Å². The molecule has 0 aromatic heterocycles. The number of esters is 12. The highest BCUT2D eigenvalue weighted by Gasteiger charge is 2.50. The highest BCUT2D eigenvalue weighted by Crippen LogP contribution is 2.41. The molecule has 7 heterocycles. The molecule has 0 atom stereocenters. The summed E-state index contributed by atoms with van der Waals surface area (Å²) in [7, 11) is 0. The quantitative estimate of drug-likeness (QED) is 0.0875. The number of ether oxygens (including phenoxy) is 12. The van der Waals surface area contributed by atoms with Crippen LogP contribution < -0.4 is 9.80 Å². The minimum absolute atomic E-state index is 0.234. The molecule has 7 saturated heterocycles. The lowest BCUT2D eigenvalue weighted by molar-refractivity contribution is -0.269. The van der Waals surface area contributed by atoms with E-state index in [1.807, 2.05) is 27.7 Å². The Balaban J connectivity index is 0.000000181. The topological polar surface area (TPSA) is 373 Å². The van der Waals surface area contributed by atoms with Crippen LogP contribution in [0.5, 0.6) is 0 Å². The summed E-state index contributed by atoms with van der Waals surface area (Å²) < 4.78 is 60.0. The minimum atomic E-state index is -1.05. The molecule has 29 nitrogen and oxygen atoms in total. The average molecular weight is 1360 g/mol. The number of carbonyl (C=O) groups excluding carboxylic acids is 15. The lowest BCUT2D eigenvalue weighted by Crippen LogP contribution is -2.55. The van der Waals surface area contributed by atoms with Crippen LogP contribution in [-0.4, -0.2) is 124 Å². The molecule has 12 rings (SSSR count). The number of hydrogen-bond acceptors (Lipinski definition) is 27. The van der Waals surface area contributed by atoms with Gasteiger partial charge >= 0.3 is 77.7 Å². The first kappa shape index (κ1) is 76.7. The summed E-state index contributed by atoms with van der Waals surface area (Å²) in [5.74, 6) is -12.1. The highest BCUT2D eigenvalue weighted by atomic mass is 16.8. The Hall–Kier alpha value is -9.31. The van der Waals surface area contributed by atoms with Crippen molar-refractivity contribution in [3.8, 4) is 0 Å². The molecule has 0 N–H and O–H groups in total. The molecule has 0 unspecified atom stereocenters. The lowest BCUT2D eigenvalue weighted by Gasteiger charge is -2.41. The summed E-state index contributed by atoms with van der Waals surface area (Å²) in [6.07, 6.45) is 14.4. The molecule has 29 heteroatoms. The van der Waals surface area contributed by atoms with Crippen LogP contribution in [0, 0.1) is 5.92 Å². The second-order valence-electron chi connectivity index (χ2n) is 25.0. The molecular weight excluding hydrogens is 1280 g/mol. The first-order valence-electron chi connectivity index (χ1n) is 32.8. The zero-order chi connectivity index (χ0) is 71.2. The van der Waals surface area contributed by atoms with Crippen LogP contribution in [0.25, 0.3) is 0 Å². The average Bonchev–Trinajstić information content (AvgIpc) is 1.40. The Morgan fingerprint density at radius 3 is 0.948 bits per heavy atom. The van der Waals surface area contributed by atoms with Crippen molar-refractivity contribution < 1.29 is 129 Å². The van der Waals surface area contributed by atoms with Gasteiger partial charge < -0.3 is 56.8 Å². The fourth-order valence-electron chi connectivity index (χ4n) is 11.6. The van der Waals surface area contributed by atoms with Gasteiger partial charge in [-0.05, 0) is 68.7 Å². The maximum atomic E-state index is 12.6. The summed E-state index contributed by atoms with van der Waals surface area (Å²) in [5.41, 5.74) is 0.918. The van der Waals surface area contributed by atoms with Gasteiger partial charge in [0.2, 0.25) is 11.8 Å². The summed E-state index contributed by atoms with van der Waals surface area (Å²) >= 11 is 0. The Morgan fingerprint density at radius 2 is 0.649 bits per heavy atom. The number of barbiturate groups is 1. The third kappa shape index (κ3) is 23.2. The summed E-state index contributed by atoms with van der Waals surface area (Å²) in [6, 6.07) is 16.5. The number of hydrogen-bond donors (Lipinski definition) is 0. The second-order valence-corrected chi connectivity index (χ2v) is 25.0. The van der Waals surface area contributed by atoms with Gasteiger partial charge in [-0.25, -0.2) is 14.6 Å². The molecule has 10 aliphatic rings. The molecule has 10 fully saturated rings. The standard InChI is InChI=1S/C16H12N2O3.C11H18O4.C9H12O4.C9H14O4.C8H10O4.C8H12O4.C7H8O4/c19-14-11-15(20)18(13-9-5-2-6-10-13)16(21)17(14)12-7-3-1-4-8-12;1-3-4-5-6-7-11(2)14-9(12)8-10(13)15-11;10-7-6-8(11)13-9(12-7)4-2-1-3-5-9;1-6(2)5-9(3)12-7(10)4-8(11)13-9;9-6-5-7(10)12-8(11-6)3-1-2-4-8;1-3-8(4-2)11-6(9)5-7(10)12-8;8-5-4-6(9)11-7(10-5)2-1-3-7/h1-10H,11H2;3-8H2,1-2H3;1-6H2;6H,4-5H2,1-3H3;1-5H2;3-5H2,1-2H3;1-4H2. The molecule has 2 aromatic rings. The van der Waals surface area contributed by atoms with Crippen LogP contribution in [0.2, 0.25) is 0 Å². The van der Waals surface area contributed by atoms with E-state index in [0.717, 1.165) is 74.0 Å². The number of rotatable bonds is 11. The molecule has 3 aliphatic carbocycles. The zero-order valence-corrected chi connectivity index (χ0v) is 55.9. The summed E-state index contributed by atoms with van der Waals surface area (Å²) in [4.78, 5) is 170. The Morgan fingerprint density at radius 1 is 0.351 bits per heavy atom. The van der Waals surface area contributed by atoms with E-state index in [1.165, 1.54) is 0 Å². The van der Waals surface area contributed by atoms with Crippen LogP contribution >= 0.6 is 0 Å². The fourth-order valence-corrected chi connectivity index (χ4v) is 11.6. The molecule has 2 aromatic carbocycles. The molecule has 3 spiro atoms. The van der Waals surface area contributed by atoms with Crippen LogP contribution in [0.4, 0.5) is 16.2 Å². The van der Waals surface area contributed by atoms with Gasteiger partial charge in [-0.15, -0.1) is 0 Å². The first-order valence-corrected chi connectivity index (χ1v) is 32.8. The number of para-hydroxylation sites is 2. The molecular formula is C68H86N2O27. The second kappa shape index (κ2) is 34.6. The van der Waals surface area contributed by atoms with Gasteiger partial charge in [-0.3, -0.25) is 67.1 Å². The number of imide groups is 2. The number of benzene rings is 2. The van der Waals surface area contributed by atoms with Gasteiger partial charge in [0.05, 0.1) is 11.4 Å². The number of cyclic esters (lactones) is 6. The van der Waals surface area contributed by atoms with Crippen molar-refractivity contribution in [2.45, 2.75) is 257 Å². The van der Waals surface area contributed by atoms with E-state index in [1.54, 1.807) is 74.5 Å². The van der Waals surface area contributed by atoms with Gasteiger partial charge in [0.25, 0.3) is 34.7 Å². The zero-order valence-electron chi connectivity index (χ0n) is 55.9. The highest BCUT2D eigenvalue weighted by molar-refractivity contribution is 6.35. The maximum Gasteiger partial charge on any atom is 0.342 e. The van der Waals surface area contributed by atoms with Crippen LogP contribution in [-0.2, 0) is 124 Å². The van der Waals surface area contributed by atoms with E-state index in [-0.39, 0.29) is 44.9 Å². The predicted molar refractivity (Wildman–Crippen MR) is 331 cm³/mol. The normalized spacial score (nSPS) is 21.9. The number of nitrogens with zero attached hydrogens (tertiary/aromatic N) is 2. The molecule has 0 radical (unpaired) electrons. The van der Waals surface area contributed by atoms with Gasteiger partial charge in [-0.2, -0.15) is 0 Å². The molecule has 0 bridgehead atoms. The van der Waals surface area contributed by atoms with Crippen molar-refractivity contribution in [1.82, 2.24) is 0 Å². The third-order valence-corrected chi connectivity index (χ3v) is 16.1. The molecule has 530 valence electrons. The summed E-state index contributed by atoms with van der Waals surface area (Å²) in [6.45, 7) is 13.0. The van der Waals surface area contributed by atoms with Crippen LogP contribution in [0.1, 0.15) is 222 Å². The Labute approximate surface area is 560 Å². The van der Waals surface area contributed by atoms with E-state index in [4.69, 9.17) is 56.8 Å². The van der Waals surface area contributed by atoms with Crippen molar-refractivity contribution in [2.24, 2.45) is 5.92 Å². The van der Waals surface area contributed by atoms with Crippen molar-refractivity contribution in [3.05, 3.63) is 60.7 Å². The fraction of sp³-hybridized carbons (Fsp3) is 0.603. The Kier molecular flexibility index (Phi) is 27.3. The van der Waals surface area contributed by atoms with E-state index >= 15 is 0 Å². The molecule has 3 saturated carbocycles. The maximum absolute atomic E-state index is 12.6. The number of anilines is 2. The molecule has 4 amide bonds. The lowest BCUT2D eigenvalue weighted by atomic mass is 9.90.